The van der Waals surface area contributed by atoms with Gasteiger partial charge < -0.3 is 9.64 Å². The molecule has 3 amide bonds. The number of carbonyl (C=O) groups excluding carboxylic acids is 3. The van der Waals surface area contributed by atoms with Crippen molar-refractivity contribution in [3.05, 3.63) is 35.4 Å². The van der Waals surface area contributed by atoms with Gasteiger partial charge in [0.25, 0.3) is 5.91 Å². The summed E-state index contributed by atoms with van der Waals surface area (Å²) in [7, 11) is 1.60. The van der Waals surface area contributed by atoms with E-state index in [1.807, 2.05) is 25.1 Å². The summed E-state index contributed by atoms with van der Waals surface area (Å²) in [6, 6.07) is 6.81. The lowest BCUT2D eigenvalue weighted by molar-refractivity contribution is -0.136. The van der Waals surface area contributed by atoms with E-state index in [0.717, 1.165) is 16.8 Å². The van der Waals surface area contributed by atoms with Gasteiger partial charge in [0.1, 0.15) is 6.04 Å². The Morgan fingerprint density at radius 1 is 1.26 bits per heavy atom. The van der Waals surface area contributed by atoms with Gasteiger partial charge in [0.05, 0.1) is 12.8 Å². The van der Waals surface area contributed by atoms with Crippen molar-refractivity contribution in [2.75, 3.05) is 7.11 Å². The van der Waals surface area contributed by atoms with Crippen molar-refractivity contribution in [3.8, 4) is 17.1 Å². The molecule has 8 heteroatoms. The summed E-state index contributed by atoms with van der Waals surface area (Å²) in [5.74, 6) is -0.195. The molecule has 140 valence electrons. The van der Waals surface area contributed by atoms with Gasteiger partial charge in [0.2, 0.25) is 17.7 Å². The molecule has 8 nitrogen and oxygen atoms in total. The summed E-state index contributed by atoms with van der Waals surface area (Å²) >= 11 is 0. The van der Waals surface area contributed by atoms with Gasteiger partial charge in [-0.3, -0.25) is 19.7 Å². The van der Waals surface area contributed by atoms with Gasteiger partial charge in [-0.25, -0.2) is 4.68 Å². The Kier molecular flexibility index (Phi) is 4.18. The molecule has 0 saturated carbocycles. The van der Waals surface area contributed by atoms with Crippen LogP contribution in [-0.2, 0) is 22.7 Å². The maximum Gasteiger partial charge on any atom is 0.255 e. The van der Waals surface area contributed by atoms with E-state index < -0.39 is 11.9 Å². The van der Waals surface area contributed by atoms with Crippen molar-refractivity contribution >= 4 is 17.7 Å². The van der Waals surface area contributed by atoms with E-state index in [1.165, 1.54) is 0 Å². The lowest BCUT2D eigenvalue weighted by Gasteiger charge is -2.29. The third-order valence-corrected chi connectivity index (χ3v) is 5.07. The summed E-state index contributed by atoms with van der Waals surface area (Å²) in [6.07, 6.45) is 0.603. The summed E-state index contributed by atoms with van der Waals surface area (Å²) in [5.41, 5.74) is 3.10. The van der Waals surface area contributed by atoms with Crippen molar-refractivity contribution in [2.45, 2.75) is 38.9 Å². The first-order valence-electron chi connectivity index (χ1n) is 8.91. The van der Waals surface area contributed by atoms with Crippen LogP contribution in [0.1, 0.15) is 35.7 Å². The number of aryl methyl sites for hydroxylation is 1. The molecule has 2 aromatic rings. The number of nitrogens with one attached hydrogen (secondary N) is 1. The Bertz CT molecular complexity index is 928. The fourth-order valence-electron chi connectivity index (χ4n) is 3.67. The minimum Gasteiger partial charge on any atom is -0.481 e. The monoisotopic (exact) mass is 368 g/mol. The van der Waals surface area contributed by atoms with Crippen LogP contribution in [0.3, 0.4) is 0 Å². The first kappa shape index (κ1) is 17.3. The van der Waals surface area contributed by atoms with Gasteiger partial charge in [-0.05, 0) is 31.0 Å². The Morgan fingerprint density at radius 2 is 2.07 bits per heavy atom. The molecule has 2 aliphatic rings. The molecule has 4 rings (SSSR count). The van der Waals surface area contributed by atoms with Gasteiger partial charge >= 0.3 is 0 Å². The highest BCUT2D eigenvalue weighted by Gasteiger charge is 2.39. The van der Waals surface area contributed by atoms with Crippen LogP contribution in [0.4, 0.5) is 0 Å². The summed E-state index contributed by atoms with van der Waals surface area (Å²) < 4.78 is 7.10. The van der Waals surface area contributed by atoms with E-state index >= 15 is 0 Å². The fraction of sp³-hybridized carbons (Fsp3) is 0.368. The van der Waals surface area contributed by atoms with E-state index in [9.17, 15) is 14.4 Å². The second-order valence-corrected chi connectivity index (χ2v) is 6.66. The van der Waals surface area contributed by atoms with Gasteiger partial charge in [-0.2, -0.15) is 5.10 Å². The molecule has 1 atom stereocenters. The lowest BCUT2D eigenvalue weighted by Crippen LogP contribution is -2.52. The molecular formula is C19H20N4O4. The number of methoxy groups -OCH3 is 1. The van der Waals surface area contributed by atoms with Crippen LogP contribution in [0.2, 0.25) is 0 Å². The molecule has 1 aromatic heterocycles. The third kappa shape index (κ3) is 2.87. The number of amides is 3. The van der Waals surface area contributed by atoms with Gasteiger partial charge in [0.15, 0.2) is 0 Å². The van der Waals surface area contributed by atoms with Crippen LogP contribution in [0.15, 0.2) is 24.3 Å². The number of fused-ring (bicyclic) bond motifs is 1. The number of imide groups is 1. The lowest BCUT2D eigenvalue weighted by atomic mass is 10.0. The number of aromatic nitrogens is 2. The standard InChI is InChI=1S/C19H20N4O4/c1-3-23-17(27-2)9-14(21-23)11-4-5-13-12(8-11)10-22(19(13)26)15-6-7-16(24)20-18(15)25/h4-5,8-9,15H,3,6-7,10H2,1-2H3,(H,20,24,25). The molecule has 1 N–H and O–H groups in total. The van der Waals surface area contributed by atoms with E-state index in [4.69, 9.17) is 4.74 Å². The minimum absolute atomic E-state index is 0.178. The summed E-state index contributed by atoms with van der Waals surface area (Å²) in [6.45, 7) is 3.02. The van der Waals surface area contributed by atoms with Crippen LogP contribution in [0.5, 0.6) is 5.88 Å². The molecule has 0 spiro atoms. The third-order valence-electron chi connectivity index (χ3n) is 5.07. The van der Waals surface area contributed by atoms with Crippen LogP contribution in [0.25, 0.3) is 11.3 Å². The number of rotatable bonds is 4. The Hall–Kier alpha value is -3.16. The molecule has 0 radical (unpaired) electrons. The largest absolute Gasteiger partial charge is 0.481 e. The van der Waals surface area contributed by atoms with Gasteiger partial charge in [-0.15, -0.1) is 0 Å². The minimum atomic E-state index is -0.606. The van der Waals surface area contributed by atoms with Gasteiger partial charge in [0, 0.05) is 36.7 Å². The first-order valence-corrected chi connectivity index (χ1v) is 8.91. The summed E-state index contributed by atoms with van der Waals surface area (Å²) in [4.78, 5) is 37.8. The highest BCUT2D eigenvalue weighted by Crippen LogP contribution is 2.31. The Morgan fingerprint density at radius 3 is 2.74 bits per heavy atom. The van der Waals surface area contributed by atoms with Crippen LogP contribution in [0, 0.1) is 0 Å². The number of benzene rings is 1. The Balaban J connectivity index is 1.62. The van der Waals surface area contributed by atoms with Crippen molar-refractivity contribution in [1.82, 2.24) is 20.0 Å². The summed E-state index contributed by atoms with van der Waals surface area (Å²) in [5, 5.41) is 6.85. The van der Waals surface area contributed by atoms with Crippen molar-refractivity contribution in [3.63, 3.8) is 0 Å². The van der Waals surface area contributed by atoms with E-state index in [1.54, 1.807) is 22.8 Å². The highest BCUT2D eigenvalue weighted by atomic mass is 16.5. The predicted molar refractivity (Wildman–Crippen MR) is 95.9 cm³/mol. The molecule has 27 heavy (non-hydrogen) atoms. The van der Waals surface area contributed by atoms with Crippen molar-refractivity contribution < 1.29 is 19.1 Å². The van der Waals surface area contributed by atoms with Crippen LogP contribution in [-0.4, -0.2) is 45.6 Å². The number of carbonyl (C=O) groups is 3. The maximum absolute atomic E-state index is 12.7. The zero-order chi connectivity index (χ0) is 19.1. The smallest absolute Gasteiger partial charge is 0.255 e. The Labute approximate surface area is 156 Å². The second kappa shape index (κ2) is 6.53. The molecule has 0 bridgehead atoms. The average Bonchev–Trinajstić information content (AvgIpc) is 3.22. The molecule has 3 heterocycles. The van der Waals surface area contributed by atoms with Gasteiger partial charge in [-0.1, -0.05) is 6.07 Å². The average molecular weight is 368 g/mol. The fourth-order valence-corrected chi connectivity index (χ4v) is 3.67. The molecule has 1 saturated heterocycles. The number of hydrogen-bond acceptors (Lipinski definition) is 5. The number of nitrogens with zero attached hydrogens (tertiary/aromatic N) is 3. The molecule has 1 unspecified atom stereocenters. The first-order chi connectivity index (χ1) is 13.0. The zero-order valence-corrected chi connectivity index (χ0v) is 15.2. The van der Waals surface area contributed by atoms with E-state index in [0.29, 0.717) is 31.0 Å². The molecule has 0 aliphatic carbocycles. The topological polar surface area (TPSA) is 93.5 Å². The predicted octanol–water partition coefficient (Wildman–Crippen LogP) is 1.34. The normalized spacial score (nSPS) is 19.3. The SMILES string of the molecule is CCn1nc(-c2ccc3c(c2)CN(C2CCC(=O)NC2=O)C3=O)cc1OC. The van der Waals surface area contributed by atoms with Crippen molar-refractivity contribution in [1.29, 1.82) is 0 Å². The molecule has 1 aromatic carbocycles. The highest BCUT2D eigenvalue weighted by molar-refractivity contribution is 6.05. The van der Waals surface area contributed by atoms with E-state index in [-0.39, 0.29) is 18.2 Å². The van der Waals surface area contributed by atoms with Crippen molar-refractivity contribution in [2.24, 2.45) is 0 Å². The quantitative estimate of drug-likeness (QED) is 0.822. The maximum atomic E-state index is 12.7. The second-order valence-electron chi connectivity index (χ2n) is 6.66. The van der Waals surface area contributed by atoms with E-state index in [2.05, 4.69) is 10.4 Å². The van der Waals surface area contributed by atoms with Crippen LogP contribution < -0.4 is 10.1 Å². The zero-order valence-electron chi connectivity index (χ0n) is 15.2. The van der Waals surface area contributed by atoms with Crippen LogP contribution >= 0.6 is 0 Å². The molecule has 2 aliphatic heterocycles. The number of piperidine rings is 1. The molecular weight excluding hydrogens is 348 g/mol. The molecule has 1 fully saturated rings. The number of ether oxygens (including phenoxy) is 1. The number of hydrogen-bond donors (Lipinski definition) is 1.